The summed E-state index contributed by atoms with van der Waals surface area (Å²) < 4.78 is 0. The molecule has 0 bridgehead atoms. The molecule has 2 rings (SSSR count). The predicted molar refractivity (Wildman–Crippen MR) is 75.1 cm³/mol. The van der Waals surface area contributed by atoms with Crippen molar-refractivity contribution in [3.8, 4) is 5.75 Å². The number of aromatic hydroxyl groups is 1. The molecular weight excluding hydrogens is 293 g/mol. The Bertz CT molecular complexity index is 610. The van der Waals surface area contributed by atoms with Gasteiger partial charge in [-0.15, -0.1) is 11.3 Å². The summed E-state index contributed by atoms with van der Waals surface area (Å²) in [6.45, 7) is 1.91. The van der Waals surface area contributed by atoms with Crippen LogP contribution in [0.4, 0.5) is 5.69 Å². The third kappa shape index (κ3) is 2.77. The summed E-state index contributed by atoms with van der Waals surface area (Å²) >= 11 is 13.0. The van der Waals surface area contributed by atoms with E-state index in [2.05, 4.69) is 5.32 Å². The summed E-state index contributed by atoms with van der Waals surface area (Å²) in [4.78, 5) is 13.5. The van der Waals surface area contributed by atoms with Gasteiger partial charge in [-0.2, -0.15) is 0 Å². The Hall–Kier alpha value is -1.23. The van der Waals surface area contributed by atoms with E-state index in [0.29, 0.717) is 9.90 Å². The van der Waals surface area contributed by atoms with Crippen molar-refractivity contribution in [3.05, 3.63) is 44.1 Å². The van der Waals surface area contributed by atoms with Crippen molar-refractivity contribution in [3.63, 3.8) is 0 Å². The third-order valence-corrected chi connectivity index (χ3v) is 3.75. The van der Waals surface area contributed by atoms with Gasteiger partial charge in [-0.05, 0) is 31.2 Å². The van der Waals surface area contributed by atoms with Crippen molar-refractivity contribution in [2.24, 2.45) is 0 Å². The zero-order chi connectivity index (χ0) is 13.3. The van der Waals surface area contributed by atoms with Crippen LogP contribution in [0.3, 0.4) is 0 Å². The fourth-order valence-corrected chi connectivity index (χ4v) is 2.66. The molecule has 0 aliphatic rings. The Kier molecular flexibility index (Phi) is 3.80. The summed E-state index contributed by atoms with van der Waals surface area (Å²) in [6.07, 6.45) is 0. The highest BCUT2D eigenvalue weighted by atomic mass is 35.5. The van der Waals surface area contributed by atoms with Crippen LogP contribution in [0, 0.1) is 6.92 Å². The highest BCUT2D eigenvalue weighted by Gasteiger charge is 2.13. The quantitative estimate of drug-likeness (QED) is 0.812. The first kappa shape index (κ1) is 13.2. The number of thiophene rings is 1. The molecule has 0 fully saturated rings. The van der Waals surface area contributed by atoms with Crippen LogP contribution >= 0.6 is 34.5 Å². The molecule has 2 N–H and O–H groups in total. The molecule has 1 amide bonds. The number of aryl methyl sites for hydroxylation is 1. The van der Waals surface area contributed by atoms with E-state index in [1.165, 1.54) is 23.5 Å². The van der Waals surface area contributed by atoms with Crippen LogP contribution in [0.2, 0.25) is 10.0 Å². The van der Waals surface area contributed by atoms with Gasteiger partial charge in [0.15, 0.2) is 5.75 Å². The van der Waals surface area contributed by atoms with Crippen LogP contribution in [0.1, 0.15) is 14.5 Å². The van der Waals surface area contributed by atoms with Crippen molar-refractivity contribution in [1.29, 1.82) is 0 Å². The van der Waals surface area contributed by atoms with Gasteiger partial charge in [-0.3, -0.25) is 4.79 Å². The number of phenolic OH excluding ortho intramolecular Hbond substituents is 1. The van der Waals surface area contributed by atoms with E-state index >= 15 is 0 Å². The Morgan fingerprint density at radius 1 is 1.33 bits per heavy atom. The topological polar surface area (TPSA) is 49.3 Å². The van der Waals surface area contributed by atoms with Crippen molar-refractivity contribution in [1.82, 2.24) is 0 Å². The lowest BCUT2D eigenvalue weighted by atomic mass is 10.3. The van der Waals surface area contributed by atoms with Gasteiger partial charge in [0, 0.05) is 9.90 Å². The zero-order valence-electron chi connectivity index (χ0n) is 9.33. The summed E-state index contributed by atoms with van der Waals surface area (Å²) in [5.41, 5.74) is 0.198. The first-order chi connectivity index (χ1) is 8.47. The molecule has 1 aromatic carbocycles. The van der Waals surface area contributed by atoms with E-state index in [-0.39, 0.29) is 22.4 Å². The second kappa shape index (κ2) is 5.18. The summed E-state index contributed by atoms with van der Waals surface area (Å²) in [6, 6.07) is 6.42. The summed E-state index contributed by atoms with van der Waals surface area (Å²) in [7, 11) is 0. The van der Waals surface area contributed by atoms with Gasteiger partial charge in [-0.1, -0.05) is 23.2 Å². The smallest absolute Gasteiger partial charge is 0.265 e. The van der Waals surface area contributed by atoms with Crippen molar-refractivity contribution in [2.45, 2.75) is 6.92 Å². The molecule has 94 valence electrons. The molecule has 0 saturated heterocycles. The molecule has 0 saturated carbocycles. The SMILES string of the molecule is Cc1ccc(C(=O)Nc2cc(Cl)cc(Cl)c2O)s1. The van der Waals surface area contributed by atoms with Crippen LogP contribution in [0.25, 0.3) is 0 Å². The van der Waals surface area contributed by atoms with E-state index in [1.54, 1.807) is 6.07 Å². The molecule has 0 atom stereocenters. The minimum atomic E-state index is -0.304. The molecule has 3 nitrogen and oxygen atoms in total. The zero-order valence-corrected chi connectivity index (χ0v) is 11.7. The number of anilines is 1. The molecule has 0 aliphatic heterocycles. The van der Waals surface area contributed by atoms with Gasteiger partial charge >= 0.3 is 0 Å². The molecule has 0 unspecified atom stereocenters. The van der Waals surface area contributed by atoms with Crippen LogP contribution in [-0.2, 0) is 0 Å². The second-order valence-corrected chi connectivity index (χ2v) is 5.78. The van der Waals surface area contributed by atoms with Crippen LogP contribution in [-0.4, -0.2) is 11.0 Å². The van der Waals surface area contributed by atoms with E-state index in [0.717, 1.165) is 4.88 Å². The number of halogens is 2. The van der Waals surface area contributed by atoms with Crippen molar-refractivity contribution in [2.75, 3.05) is 5.32 Å². The lowest BCUT2D eigenvalue weighted by molar-refractivity contribution is 0.103. The Balaban J connectivity index is 2.27. The number of benzene rings is 1. The first-order valence-corrected chi connectivity index (χ1v) is 6.60. The first-order valence-electron chi connectivity index (χ1n) is 5.03. The van der Waals surface area contributed by atoms with Gasteiger partial charge in [0.2, 0.25) is 0 Å². The molecular formula is C12H9Cl2NO2S. The number of phenols is 1. The molecule has 0 aliphatic carbocycles. The number of amides is 1. The maximum Gasteiger partial charge on any atom is 0.265 e. The fourth-order valence-electron chi connectivity index (χ4n) is 1.40. The van der Waals surface area contributed by atoms with Gasteiger partial charge in [-0.25, -0.2) is 0 Å². The van der Waals surface area contributed by atoms with E-state index in [4.69, 9.17) is 23.2 Å². The average Bonchev–Trinajstić information content (AvgIpc) is 2.72. The van der Waals surface area contributed by atoms with Crippen molar-refractivity contribution < 1.29 is 9.90 Å². The number of rotatable bonds is 2. The highest BCUT2D eigenvalue weighted by Crippen LogP contribution is 2.35. The number of carbonyl (C=O) groups excluding carboxylic acids is 1. The number of carbonyl (C=O) groups is 1. The fraction of sp³-hybridized carbons (Fsp3) is 0.0833. The maximum atomic E-state index is 11.9. The largest absolute Gasteiger partial charge is 0.504 e. The van der Waals surface area contributed by atoms with Crippen molar-refractivity contribution >= 4 is 46.1 Å². The molecule has 1 aromatic heterocycles. The Labute approximate surface area is 118 Å². The maximum absolute atomic E-state index is 11.9. The summed E-state index contributed by atoms with van der Waals surface area (Å²) in [5.74, 6) is -0.496. The second-order valence-electron chi connectivity index (χ2n) is 3.65. The van der Waals surface area contributed by atoms with Gasteiger partial charge < -0.3 is 10.4 Å². The number of hydrogen-bond acceptors (Lipinski definition) is 3. The molecule has 0 radical (unpaired) electrons. The Morgan fingerprint density at radius 2 is 2.06 bits per heavy atom. The van der Waals surface area contributed by atoms with Crippen LogP contribution < -0.4 is 5.32 Å². The summed E-state index contributed by atoms with van der Waals surface area (Å²) in [5, 5.41) is 12.7. The molecule has 1 heterocycles. The number of nitrogens with one attached hydrogen (secondary N) is 1. The highest BCUT2D eigenvalue weighted by molar-refractivity contribution is 7.14. The standard InChI is InChI=1S/C12H9Cl2NO2S/c1-6-2-3-10(18-6)12(17)15-9-5-7(13)4-8(14)11(9)16/h2-5,16H,1H3,(H,15,17). The number of hydrogen-bond donors (Lipinski definition) is 2. The van der Waals surface area contributed by atoms with Gasteiger partial charge in [0.05, 0.1) is 15.6 Å². The minimum Gasteiger partial charge on any atom is -0.504 e. The lowest BCUT2D eigenvalue weighted by Gasteiger charge is -2.08. The molecule has 18 heavy (non-hydrogen) atoms. The normalized spacial score (nSPS) is 10.4. The molecule has 2 aromatic rings. The minimum absolute atomic E-state index is 0.0974. The predicted octanol–water partition coefficient (Wildman–Crippen LogP) is 4.32. The van der Waals surface area contributed by atoms with Crippen LogP contribution in [0.15, 0.2) is 24.3 Å². The van der Waals surface area contributed by atoms with E-state index in [1.807, 2.05) is 13.0 Å². The Morgan fingerprint density at radius 3 is 2.67 bits per heavy atom. The van der Waals surface area contributed by atoms with Gasteiger partial charge in [0.1, 0.15) is 0 Å². The monoisotopic (exact) mass is 301 g/mol. The average molecular weight is 302 g/mol. The van der Waals surface area contributed by atoms with E-state index in [9.17, 15) is 9.90 Å². The van der Waals surface area contributed by atoms with E-state index < -0.39 is 0 Å². The third-order valence-electron chi connectivity index (χ3n) is 2.24. The molecule has 6 heteroatoms. The van der Waals surface area contributed by atoms with Crippen LogP contribution in [0.5, 0.6) is 5.75 Å². The van der Waals surface area contributed by atoms with Gasteiger partial charge in [0.25, 0.3) is 5.91 Å². The molecule has 0 spiro atoms. The lowest BCUT2D eigenvalue weighted by Crippen LogP contribution is -2.10.